The summed E-state index contributed by atoms with van der Waals surface area (Å²) in [5, 5.41) is 4.71. The van der Waals surface area contributed by atoms with Gasteiger partial charge in [-0.25, -0.2) is 4.79 Å². The van der Waals surface area contributed by atoms with Crippen LogP contribution in [0.25, 0.3) is 11.1 Å². The van der Waals surface area contributed by atoms with E-state index in [0.29, 0.717) is 34.0 Å². The zero-order valence-corrected chi connectivity index (χ0v) is 19.1. The van der Waals surface area contributed by atoms with Crippen molar-refractivity contribution in [1.82, 2.24) is 0 Å². The lowest BCUT2D eigenvalue weighted by Crippen LogP contribution is -2.24. The highest BCUT2D eigenvalue weighted by Crippen LogP contribution is 2.39. The average molecular weight is 450 g/mol. The molecule has 8 nitrogen and oxygen atoms in total. The van der Waals surface area contributed by atoms with Gasteiger partial charge in [0, 0.05) is 10.9 Å². The first-order valence-corrected chi connectivity index (χ1v) is 10.7. The molecule has 0 aliphatic rings. The highest BCUT2D eigenvalue weighted by molar-refractivity contribution is 7.15. The van der Waals surface area contributed by atoms with Crippen LogP contribution in [0.1, 0.15) is 37.6 Å². The number of hydrogen-bond acceptors (Lipinski definition) is 8. The van der Waals surface area contributed by atoms with Gasteiger partial charge in [-0.2, -0.15) is 0 Å². The number of carbonyl (C=O) groups is 3. The summed E-state index contributed by atoms with van der Waals surface area (Å²) in [5.74, 6) is -0.788. The van der Waals surface area contributed by atoms with Crippen LogP contribution in [-0.2, 0) is 19.1 Å². The molecule has 1 amide bonds. The Kier molecular flexibility index (Phi) is 8.87. The monoisotopic (exact) mass is 449 g/mol. The molecule has 31 heavy (non-hydrogen) atoms. The molecule has 1 unspecified atom stereocenters. The van der Waals surface area contributed by atoms with E-state index in [4.69, 9.17) is 18.9 Å². The van der Waals surface area contributed by atoms with Crippen molar-refractivity contribution >= 4 is 34.2 Å². The molecular formula is C22H27NO7S. The molecule has 0 spiro atoms. The topological polar surface area (TPSA) is 100 Å². The van der Waals surface area contributed by atoms with Gasteiger partial charge in [0.1, 0.15) is 10.6 Å². The van der Waals surface area contributed by atoms with Crippen LogP contribution < -0.4 is 14.8 Å². The molecule has 1 atom stereocenters. The molecule has 0 saturated carbocycles. The number of carbonyl (C=O) groups excluding carboxylic acids is 3. The standard InChI is InChI=1S/C22H27NO7S/c1-6-13(3)21(25)30-11-18(24)23-20-19(22(26)29-7-2)15(12-31-20)14-8-9-16(27-4)17(10-14)28-5/h8-10,12-13H,6-7,11H2,1-5H3,(H,23,24). The van der Waals surface area contributed by atoms with Gasteiger partial charge < -0.3 is 24.3 Å². The molecule has 168 valence electrons. The number of thiophene rings is 1. The Hall–Kier alpha value is -3.07. The van der Waals surface area contributed by atoms with E-state index in [9.17, 15) is 14.4 Å². The van der Waals surface area contributed by atoms with Gasteiger partial charge in [0.15, 0.2) is 18.1 Å². The predicted octanol–water partition coefficient (Wildman–Crippen LogP) is 4.14. The van der Waals surface area contributed by atoms with Gasteiger partial charge in [0.25, 0.3) is 5.91 Å². The minimum atomic E-state index is -0.569. The van der Waals surface area contributed by atoms with E-state index in [1.54, 1.807) is 37.4 Å². The molecule has 0 aliphatic carbocycles. The van der Waals surface area contributed by atoms with Crippen molar-refractivity contribution in [1.29, 1.82) is 0 Å². The van der Waals surface area contributed by atoms with Crippen molar-refractivity contribution in [3.05, 3.63) is 29.1 Å². The molecule has 9 heteroatoms. The minimum absolute atomic E-state index is 0.181. The number of esters is 2. The number of ether oxygens (including phenoxy) is 4. The maximum Gasteiger partial charge on any atom is 0.341 e. The maximum atomic E-state index is 12.7. The molecule has 0 bridgehead atoms. The first kappa shape index (κ1) is 24.2. The molecule has 1 N–H and O–H groups in total. The second-order valence-corrected chi connectivity index (χ2v) is 7.49. The summed E-state index contributed by atoms with van der Waals surface area (Å²) in [7, 11) is 3.06. The fraction of sp³-hybridized carbons (Fsp3) is 0.409. The van der Waals surface area contributed by atoms with Crippen molar-refractivity contribution in [2.45, 2.75) is 27.2 Å². The highest BCUT2D eigenvalue weighted by Gasteiger charge is 2.24. The van der Waals surface area contributed by atoms with Crippen LogP contribution >= 0.6 is 11.3 Å². The third-order valence-electron chi connectivity index (χ3n) is 4.58. The first-order chi connectivity index (χ1) is 14.9. The molecule has 0 fully saturated rings. The van der Waals surface area contributed by atoms with Gasteiger partial charge in [-0.3, -0.25) is 9.59 Å². The second kappa shape index (κ2) is 11.4. The van der Waals surface area contributed by atoms with Gasteiger partial charge in [0.05, 0.1) is 26.7 Å². The Labute approximate surface area is 185 Å². The number of rotatable bonds is 10. The first-order valence-electron chi connectivity index (χ1n) is 9.83. The summed E-state index contributed by atoms with van der Waals surface area (Å²) in [6, 6.07) is 5.25. The predicted molar refractivity (Wildman–Crippen MR) is 118 cm³/mol. The molecule has 0 aliphatic heterocycles. The quantitative estimate of drug-likeness (QED) is 0.544. The van der Waals surface area contributed by atoms with Crippen LogP contribution in [0, 0.1) is 5.92 Å². The van der Waals surface area contributed by atoms with E-state index in [2.05, 4.69) is 5.32 Å². The van der Waals surface area contributed by atoms with Gasteiger partial charge in [-0.1, -0.05) is 19.9 Å². The number of hydrogen-bond donors (Lipinski definition) is 1. The highest BCUT2D eigenvalue weighted by atomic mass is 32.1. The maximum absolute atomic E-state index is 12.7. The van der Waals surface area contributed by atoms with Crippen LogP contribution in [-0.4, -0.2) is 45.3 Å². The van der Waals surface area contributed by atoms with E-state index < -0.39 is 24.5 Å². The Morgan fingerprint density at radius 2 is 1.77 bits per heavy atom. The van der Waals surface area contributed by atoms with Crippen LogP contribution in [0.15, 0.2) is 23.6 Å². The van der Waals surface area contributed by atoms with E-state index in [1.165, 1.54) is 25.6 Å². The molecule has 0 radical (unpaired) electrons. The molecular weight excluding hydrogens is 422 g/mol. The third-order valence-corrected chi connectivity index (χ3v) is 5.47. The molecule has 1 aromatic carbocycles. The Balaban J connectivity index is 2.31. The van der Waals surface area contributed by atoms with E-state index >= 15 is 0 Å². The largest absolute Gasteiger partial charge is 0.493 e. The molecule has 0 saturated heterocycles. The minimum Gasteiger partial charge on any atom is -0.493 e. The van der Waals surface area contributed by atoms with Gasteiger partial charge in [-0.15, -0.1) is 11.3 Å². The molecule has 1 heterocycles. The molecule has 2 aromatic rings. The zero-order chi connectivity index (χ0) is 23.0. The van der Waals surface area contributed by atoms with Crippen molar-refractivity contribution in [2.24, 2.45) is 5.92 Å². The van der Waals surface area contributed by atoms with Crippen LogP contribution in [0.5, 0.6) is 11.5 Å². The fourth-order valence-corrected chi connectivity index (χ4v) is 3.65. The SMILES string of the molecule is CCOC(=O)c1c(-c2ccc(OC)c(OC)c2)csc1NC(=O)COC(=O)C(C)CC. The number of benzene rings is 1. The summed E-state index contributed by atoms with van der Waals surface area (Å²) in [6.07, 6.45) is 0.618. The number of anilines is 1. The molecule has 2 rings (SSSR count). The summed E-state index contributed by atoms with van der Waals surface area (Å²) in [5.41, 5.74) is 1.50. The average Bonchev–Trinajstić information content (AvgIpc) is 3.19. The van der Waals surface area contributed by atoms with Crippen LogP contribution in [0.3, 0.4) is 0 Å². The lowest BCUT2D eigenvalue weighted by molar-refractivity contribution is -0.151. The van der Waals surface area contributed by atoms with Crippen molar-refractivity contribution in [2.75, 3.05) is 32.8 Å². The summed E-state index contributed by atoms with van der Waals surface area (Å²) < 4.78 is 20.8. The van der Waals surface area contributed by atoms with Gasteiger partial charge in [0.2, 0.25) is 0 Å². The number of amides is 1. The zero-order valence-electron chi connectivity index (χ0n) is 18.3. The third kappa shape index (κ3) is 5.97. The van der Waals surface area contributed by atoms with E-state index in [-0.39, 0.29) is 18.1 Å². The smallest absolute Gasteiger partial charge is 0.341 e. The van der Waals surface area contributed by atoms with Gasteiger partial charge in [-0.05, 0) is 31.0 Å². The normalized spacial score (nSPS) is 11.4. The Bertz CT molecular complexity index is 938. The van der Waals surface area contributed by atoms with Gasteiger partial charge >= 0.3 is 11.9 Å². The van der Waals surface area contributed by atoms with E-state index in [0.717, 1.165) is 0 Å². The Morgan fingerprint density at radius 3 is 2.39 bits per heavy atom. The number of nitrogens with one attached hydrogen (secondary N) is 1. The van der Waals surface area contributed by atoms with Crippen LogP contribution in [0.4, 0.5) is 5.00 Å². The number of methoxy groups -OCH3 is 2. The molecule has 1 aromatic heterocycles. The van der Waals surface area contributed by atoms with E-state index in [1.807, 2.05) is 6.92 Å². The summed E-state index contributed by atoms with van der Waals surface area (Å²) in [6.45, 7) is 5.04. The van der Waals surface area contributed by atoms with Crippen molar-refractivity contribution in [3.63, 3.8) is 0 Å². The fourth-order valence-electron chi connectivity index (χ4n) is 2.68. The lowest BCUT2D eigenvalue weighted by Gasteiger charge is -2.12. The van der Waals surface area contributed by atoms with Crippen molar-refractivity contribution < 1.29 is 33.3 Å². The second-order valence-electron chi connectivity index (χ2n) is 6.61. The lowest BCUT2D eigenvalue weighted by atomic mass is 10.0. The summed E-state index contributed by atoms with van der Waals surface area (Å²) >= 11 is 1.18. The van der Waals surface area contributed by atoms with Crippen molar-refractivity contribution in [3.8, 4) is 22.6 Å². The summed E-state index contributed by atoms with van der Waals surface area (Å²) in [4.78, 5) is 36.8. The van der Waals surface area contributed by atoms with Crippen LogP contribution in [0.2, 0.25) is 0 Å². The Morgan fingerprint density at radius 1 is 1.06 bits per heavy atom.